The van der Waals surface area contributed by atoms with Gasteiger partial charge in [0.25, 0.3) is 0 Å². The Morgan fingerprint density at radius 3 is 2.52 bits per heavy atom. The molecule has 0 radical (unpaired) electrons. The van der Waals surface area contributed by atoms with Gasteiger partial charge in [-0.2, -0.15) is 5.26 Å². The molecule has 7 rings (SSSR count). The molecule has 3 heterocycles. The lowest BCUT2D eigenvalue weighted by Crippen LogP contribution is -2.42. The summed E-state index contributed by atoms with van der Waals surface area (Å²) < 4.78 is 11.1. The number of anilines is 1. The first-order valence-corrected chi connectivity index (χ1v) is 14.3. The van der Waals surface area contributed by atoms with E-state index in [1.54, 1.807) is 7.11 Å². The Labute approximate surface area is 235 Å². The summed E-state index contributed by atoms with van der Waals surface area (Å²) >= 11 is 1.37. The number of thiophene rings is 1. The molecule has 3 aromatic rings. The van der Waals surface area contributed by atoms with Crippen LogP contribution in [-0.2, 0) is 27.2 Å². The monoisotopic (exact) mass is 550 g/mol. The minimum Gasteiger partial charge on any atom is -0.497 e. The molecular weight excluding hydrogens is 524 g/mol. The number of ether oxygens (including phenoxy) is 2. The van der Waals surface area contributed by atoms with Crippen molar-refractivity contribution in [1.29, 1.82) is 5.26 Å². The van der Waals surface area contributed by atoms with E-state index in [-0.39, 0.29) is 5.91 Å². The van der Waals surface area contributed by atoms with Crippen molar-refractivity contribution in [2.75, 3.05) is 12.0 Å². The third-order valence-electron chi connectivity index (χ3n) is 8.72. The number of esters is 1. The summed E-state index contributed by atoms with van der Waals surface area (Å²) in [6.07, 6.45) is 5.57. The largest absolute Gasteiger partial charge is 0.497 e. The first-order chi connectivity index (χ1) is 19.4. The van der Waals surface area contributed by atoms with E-state index < -0.39 is 35.5 Å². The molecule has 1 saturated heterocycles. The fourth-order valence-corrected chi connectivity index (χ4v) is 8.19. The molecule has 0 saturated carbocycles. The van der Waals surface area contributed by atoms with Crippen LogP contribution in [0.25, 0.3) is 5.57 Å². The van der Waals surface area contributed by atoms with Crippen molar-refractivity contribution in [3.63, 3.8) is 0 Å². The molecule has 2 aliphatic heterocycles. The lowest BCUT2D eigenvalue weighted by Gasteiger charge is -2.38. The van der Waals surface area contributed by atoms with Crippen molar-refractivity contribution < 1.29 is 23.9 Å². The van der Waals surface area contributed by atoms with Crippen LogP contribution in [-0.4, -0.2) is 24.9 Å². The number of carbonyl (C=O) groups excluding carboxylic acids is 3. The molecule has 0 bridgehead atoms. The molecule has 1 fully saturated rings. The number of nitrogens with zero attached hydrogens (tertiary/aromatic N) is 2. The number of amides is 2. The number of benzene rings is 2. The number of rotatable bonds is 3. The number of allylic oxidation sites excluding steroid dienone is 1. The number of methoxy groups -OCH3 is 1. The van der Waals surface area contributed by atoms with Crippen LogP contribution in [0.4, 0.5) is 5.00 Å². The fourth-order valence-electron chi connectivity index (χ4n) is 6.84. The normalized spacial score (nSPS) is 24.8. The lowest BCUT2D eigenvalue weighted by molar-refractivity contribution is -0.142. The maximum Gasteiger partial charge on any atom is 0.319 e. The van der Waals surface area contributed by atoms with Gasteiger partial charge in [-0.25, -0.2) is 4.90 Å². The number of hydrogen-bond donors (Lipinski definition) is 0. The van der Waals surface area contributed by atoms with Gasteiger partial charge in [0, 0.05) is 16.4 Å². The SMILES string of the molecule is COc1ccc([C@@H]2C=C3c4ccc(C)cc4OC(=O)[C@@H]3[C@H]3C(=O)N(c4sc5c(c4C#N)CCCC5)C(=O)[C@@H]32)cc1. The molecule has 2 aromatic carbocycles. The van der Waals surface area contributed by atoms with E-state index in [1.807, 2.05) is 55.5 Å². The van der Waals surface area contributed by atoms with Crippen molar-refractivity contribution in [3.05, 3.63) is 81.2 Å². The van der Waals surface area contributed by atoms with Crippen LogP contribution in [0.1, 0.15) is 51.5 Å². The summed E-state index contributed by atoms with van der Waals surface area (Å²) in [6.45, 7) is 1.93. The zero-order valence-corrected chi connectivity index (χ0v) is 22.9. The molecule has 1 aromatic heterocycles. The zero-order chi connectivity index (χ0) is 27.7. The van der Waals surface area contributed by atoms with Crippen molar-refractivity contribution in [1.82, 2.24) is 0 Å². The van der Waals surface area contributed by atoms with Gasteiger partial charge in [0.15, 0.2) is 0 Å². The third-order valence-corrected chi connectivity index (χ3v) is 10.00. The van der Waals surface area contributed by atoms with Crippen LogP contribution >= 0.6 is 11.3 Å². The number of aryl methyl sites for hydroxylation is 2. The minimum atomic E-state index is -0.938. The minimum absolute atomic E-state index is 0.372. The number of nitriles is 1. The van der Waals surface area contributed by atoms with Crippen molar-refractivity contribution in [2.24, 2.45) is 17.8 Å². The van der Waals surface area contributed by atoms with Gasteiger partial charge in [-0.1, -0.05) is 30.3 Å². The smallest absolute Gasteiger partial charge is 0.319 e. The Balaban J connectivity index is 1.41. The van der Waals surface area contributed by atoms with Crippen LogP contribution in [0.2, 0.25) is 0 Å². The van der Waals surface area contributed by atoms with Gasteiger partial charge in [-0.3, -0.25) is 14.4 Å². The predicted molar refractivity (Wildman–Crippen MR) is 149 cm³/mol. The molecule has 2 aliphatic carbocycles. The maximum atomic E-state index is 14.3. The lowest BCUT2D eigenvalue weighted by atomic mass is 9.64. The Bertz CT molecular complexity index is 1680. The highest BCUT2D eigenvalue weighted by molar-refractivity contribution is 7.17. The van der Waals surface area contributed by atoms with Gasteiger partial charge < -0.3 is 9.47 Å². The van der Waals surface area contributed by atoms with Crippen LogP contribution in [0.3, 0.4) is 0 Å². The topological polar surface area (TPSA) is 96.7 Å². The number of hydrogen-bond acceptors (Lipinski definition) is 7. The van der Waals surface area contributed by atoms with E-state index in [0.29, 0.717) is 27.6 Å². The highest BCUT2D eigenvalue weighted by atomic mass is 32.1. The molecule has 40 heavy (non-hydrogen) atoms. The molecule has 4 aliphatic rings. The standard InChI is InChI=1S/C32H26N2O5S/c1-16-7-12-19-22-14-21(17-8-10-18(38-2)11-9-17)26-28(27(22)32(37)39-24(19)13-16)30(36)34(29(26)35)31-23(15-33)20-5-3-4-6-25(20)40-31/h7-14,21,26-28H,3-6H2,1-2H3/t21-,26+,27-,28-/m0/s1. The zero-order valence-electron chi connectivity index (χ0n) is 22.1. The molecule has 0 spiro atoms. The van der Waals surface area contributed by atoms with Gasteiger partial charge in [0.05, 0.1) is 30.4 Å². The van der Waals surface area contributed by atoms with E-state index >= 15 is 0 Å². The van der Waals surface area contributed by atoms with Crippen LogP contribution in [0.15, 0.2) is 48.5 Å². The fraction of sp³-hybridized carbons (Fsp3) is 0.312. The summed E-state index contributed by atoms with van der Waals surface area (Å²) in [5.41, 5.74) is 4.65. The predicted octanol–water partition coefficient (Wildman–Crippen LogP) is 5.34. The Morgan fingerprint density at radius 2 is 1.77 bits per heavy atom. The van der Waals surface area contributed by atoms with E-state index in [9.17, 15) is 19.6 Å². The second kappa shape index (κ2) is 9.17. The highest BCUT2D eigenvalue weighted by Crippen LogP contribution is 2.56. The second-order valence-electron chi connectivity index (χ2n) is 10.9. The summed E-state index contributed by atoms with van der Waals surface area (Å²) in [5, 5.41) is 10.5. The van der Waals surface area contributed by atoms with Gasteiger partial charge in [-0.15, -0.1) is 11.3 Å². The summed E-state index contributed by atoms with van der Waals surface area (Å²) in [5.74, 6) is -3.29. The molecule has 4 atom stereocenters. The summed E-state index contributed by atoms with van der Waals surface area (Å²) in [4.78, 5) is 44.4. The maximum absolute atomic E-state index is 14.3. The van der Waals surface area contributed by atoms with E-state index in [0.717, 1.165) is 52.8 Å². The van der Waals surface area contributed by atoms with Crippen molar-refractivity contribution in [2.45, 2.75) is 38.5 Å². The average molecular weight is 551 g/mol. The van der Waals surface area contributed by atoms with E-state index in [4.69, 9.17) is 9.47 Å². The Kier molecular flexibility index (Phi) is 5.69. The van der Waals surface area contributed by atoms with Gasteiger partial charge in [0.1, 0.15) is 22.6 Å². The molecule has 2 amide bonds. The number of carbonyl (C=O) groups is 3. The Morgan fingerprint density at radius 1 is 1.02 bits per heavy atom. The van der Waals surface area contributed by atoms with Crippen molar-refractivity contribution in [3.8, 4) is 17.6 Å². The molecule has 200 valence electrons. The quantitative estimate of drug-likeness (QED) is 0.248. The summed E-state index contributed by atoms with van der Waals surface area (Å²) in [6, 6.07) is 15.5. The van der Waals surface area contributed by atoms with E-state index in [1.165, 1.54) is 16.2 Å². The van der Waals surface area contributed by atoms with E-state index in [2.05, 4.69) is 6.07 Å². The van der Waals surface area contributed by atoms with Gasteiger partial charge >= 0.3 is 5.97 Å². The molecular formula is C32H26N2O5S. The molecule has 0 unspecified atom stereocenters. The summed E-state index contributed by atoms with van der Waals surface area (Å²) in [7, 11) is 1.59. The van der Waals surface area contributed by atoms with Gasteiger partial charge in [-0.05, 0) is 73.1 Å². The van der Waals surface area contributed by atoms with Crippen molar-refractivity contribution >= 4 is 39.7 Å². The first-order valence-electron chi connectivity index (χ1n) is 13.5. The number of imide groups is 1. The molecule has 8 heteroatoms. The third kappa shape index (κ3) is 3.50. The van der Waals surface area contributed by atoms with Crippen LogP contribution in [0, 0.1) is 36.0 Å². The molecule has 0 N–H and O–H groups in total. The number of fused-ring (bicyclic) bond motifs is 6. The highest BCUT2D eigenvalue weighted by Gasteiger charge is 2.61. The average Bonchev–Trinajstić information content (AvgIpc) is 3.46. The van der Waals surface area contributed by atoms with Gasteiger partial charge in [0.2, 0.25) is 11.8 Å². The van der Waals surface area contributed by atoms with Crippen LogP contribution in [0.5, 0.6) is 11.5 Å². The van der Waals surface area contributed by atoms with Crippen LogP contribution < -0.4 is 14.4 Å². The Hall–Kier alpha value is -4.22. The molecule has 7 nitrogen and oxygen atoms in total. The second-order valence-corrected chi connectivity index (χ2v) is 12.0. The first kappa shape index (κ1) is 24.8.